The first-order chi connectivity index (χ1) is 9.43. The van der Waals surface area contributed by atoms with Gasteiger partial charge in [0, 0.05) is 5.69 Å². The summed E-state index contributed by atoms with van der Waals surface area (Å²) in [6, 6.07) is 2.64. The van der Waals surface area contributed by atoms with E-state index in [-0.39, 0.29) is 5.69 Å². The highest BCUT2D eigenvalue weighted by molar-refractivity contribution is 5.53. The molecule has 1 unspecified atom stereocenters. The summed E-state index contributed by atoms with van der Waals surface area (Å²) in [6.45, 7) is 0.596. The van der Waals surface area contributed by atoms with Crippen LogP contribution in [0.4, 0.5) is 18.9 Å². The molecule has 1 aromatic rings. The topological polar surface area (TPSA) is 73.3 Å². The van der Waals surface area contributed by atoms with Crippen LogP contribution in [0.3, 0.4) is 0 Å². The quantitative estimate of drug-likeness (QED) is 0.453. The van der Waals surface area contributed by atoms with E-state index in [2.05, 4.69) is 5.43 Å². The molecule has 110 valence electrons. The van der Waals surface area contributed by atoms with Crippen molar-refractivity contribution in [3.05, 3.63) is 41.2 Å². The van der Waals surface area contributed by atoms with Crippen molar-refractivity contribution in [1.82, 2.24) is 5.43 Å². The number of hydrazine groups is 1. The van der Waals surface area contributed by atoms with E-state index >= 15 is 0 Å². The van der Waals surface area contributed by atoms with Crippen LogP contribution < -0.4 is 17.0 Å². The lowest BCUT2D eigenvalue weighted by Crippen LogP contribution is -2.31. The number of rotatable bonds is 3. The first kappa shape index (κ1) is 14.7. The van der Waals surface area contributed by atoms with E-state index in [1.807, 2.05) is 0 Å². The van der Waals surface area contributed by atoms with Crippen molar-refractivity contribution in [3.8, 4) is 0 Å². The molecule has 0 saturated heterocycles. The lowest BCUT2D eigenvalue weighted by Gasteiger charge is -2.24. The van der Waals surface area contributed by atoms with E-state index in [9.17, 15) is 13.2 Å². The predicted octanol–water partition coefficient (Wildman–Crippen LogP) is 2.49. The van der Waals surface area contributed by atoms with Crippen LogP contribution in [0.1, 0.15) is 30.0 Å². The van der Waals surface area contributed by atoms with Crippen molar-refractivity contribution in [2.75, 3.05) is 12.3 Å². The molecule has 1 atom stereocenters. The van der Waals surface area contributed by atoms with Crippen LogP contribution in [0, 0.1) is 0 Å². The second kappa shape index (κ2) is 5.72. The molecule has 0 amide bonds. The number of hydrogen-bond donors (Lipinski definition) is 3. The van der Waals surface area contributed by atoms with Crippen LogP contribution in [0.15, 0.2) is 30.0 Å². The SMILES string of the molecule is NNC(C1=COCCC1)c1cc(C(F)(F)F)ccc1N. The minimum Gasteiger partial charge on any atom is -0.501 e. The summed E-state index contributed by atoms with van der Waals surface area (Å²) in [6.07, 6.45) is -1.39. The third kappa shape index (κ3) is 3.05. The van der Waals surface area contributed by atoms with E-state index in [1.165, 1.54) is 12.3 Å². The van der Waals surface area contributed by atoms with Gasteiger partial charge in [0.1, 0.15) is 0 Å². The highest BCUT2D eigenvalue weighted by Gasteiger charge is 2.32. The van der Waals surface area contributed by atoms with Gasteiger partial charge in [-0.15, -0.1) is 0 Å². The Morgan fingerprint density at radius 3 is 2.60 bits per heavy atom. The van der Waals surface area contributed by atoms with Crippen LogP contribution in [0.25, 0.3) is 0 Å². The van der Waals surface area contributed by atoms with Crippen molar-refractivity contribution in [3.63, 3.8) is 0 Å². The van der Waals surface area contributed by atoms with Gasteiger partial charge in [-0.1, -0.05) is 0 Å². The maximum atomic E-state index is 12.8. The number of nitrogens with one attached hydrogen (secondary N) is 1. The van der Waals surface area contributed by atoms with Gasteiger partial charge in [-0.05, 0) is 42.2 Å². The van der Waals surface area contributed by atoms with E-state index < -0.39 is 17.8 Å². The van der Waals surface area contributed by atoms with Crippen molar-refractivity contribution in [2.45, 2.75) is 25.1 Å². The third-order valence-electron chi connectivity index (χ3n) is 3.22. The molecule has 20 heavy (non-hydrogen) atoms. The number of benzene rings is 1. The molecule has 5 N–H and O–H groups in total. The number of halogens is 3. The highest BCUT2D eigenvalue weighted by atomic mass is 19.4. The smallest absolute Gasteiger partial charge is 0.416 e. The van der Waals surface area contributed by atoms with E-state index in [0.29, 0.717) is 18.6 Å². The maximum Gasteiger partial charge on any atom is 0.416 e. The zero-order valence-corrected chi connectivity index (χ0v) is 10.7. The Bertz CT molecular complexity index is 514. The fraction of sp³-hybridized carbons (Fsp3) is 0.385. The average molecular weight is 287 g/mol. The molecular weight excluding hydrogens is 271 g/mol. The molecule has 0 spiro atoms. The van der Waals surface area contributed by atoms with Crippen LogP contribution in [0.2, 0.25) is 0 Å². The summed E-state index contributed by atoms with van der Waals surface area (Å²) in [5.41, 5.74) is 8.89. The van der Waals surface area contributed by atoms with Gasteiger partial charge < -0.3 is 10.5 Å². The zero-order valence-electron chi connectivity index (χ0n) is 10.7. The molecule has 4 nitrogen and oxygen atoms in total. The van der Waals surface area contributed by atoms with Crippen LogP contribution in [-0.2, 0) is 10.9 Å². The molecule has 1 heterocycles. The first-order valence-corrected chi connectivity index (χ1v) is 6.16. The van der Waals surface area contributed by atoms with Crippen LogP contribution in [0.5, 0.6) is 0 Å². The Morgan fingerprint density at radius 1 is 1.30 bits per heavy atom. The third-order valence-corrected chi connectivity index (χ3v) is 3.22. The molecule has 1 aliphatic heterocycles. The van der Waals surface area contributed by atoms with Gasteiger partial charge in [-0.3, -0.25) is 5.84 Å². The molecule has 0 bridgehead atoms. The van der Waals surface area contributed by atoms with Crippen LogP contribution in [-0.4, -0.2) is 6.61 Å². The Hall–Kier alpha value is -1.73. The van der Waals surface area contributed by atoms with Crippen molar-refractivity contribution >= 4 is 5.69 Å². The van der Waals surface area contributed by atoms with Gasteiger partial charge in [0.05, 0.1) is 24.5 Å². The molecule has 2 rings (SSSR count). The fourth-order valence-electron chi connectivity index (χ4n) is 2.19. The molecule has 0 fully saturated rings. The Kier molecular flexibility index (Phi) is 4.20. The number of alkyl halides is 3. The average Bonchev–Trinajstić information content (AvgIpc) is 2.41. The van der Waals surface area contributed by atoms with E-state index in [0.717, 1.165) is 24.1 Å². The van der Waals surface area contributed by atoms with Crippen molar-refractivity contribution in [1.29, 1.82) is 0 Å². The standard InChI is InChI=1S/C13H16F3N3O/c14-13(15,16)9-3-4-11(17)10(6-9)12(19-18)8-2-1-5-20-7-8/h3-4,6-7,12,19H,1-2,5,17-18H2. The summed E-state index contributed by atoms with van der Waals surface area (Å²) in [5, 5.41) is 0. The van der Waals surface area contributed by atoms with Gasteiger partial charge in [0.15, 0.2) is 0 Å². The normalized spacial score (nSPS) is 17.3. The zero-order chi connectivity index (χ0) is 14.8. The molecule has 0 radical (unpaired) electrons. The van der Waals surface area contributed by atoms with Crippen LogP contribution >= 0.6 is 0 Å². The lowest BCUT2D eigenvalue weighted by molar-refractivity contribution is -0.137. The summed E-state index contributed by atoms with van der Waals surface area (Å²) in [5.74, 6) is 5.48. The highest BCUT2D eigenvalue weighted by Crippen LogP contribution is 2.36. The number of nitrogens with two attached hydrogens (primary N) is 2. The van der Waals surface area contributed by atoms with Crippen molar-refractivity contribution in [2.24, 2.45) is 5.84 Å². The molecule has 1 aliphatic rings. The van der Waals surface area contributed by atoms with Gasteiger partial charge in [0.2, 0.25) is 0 Å². The van der Waals surface area contributed by atoms with E-state index in [4.69, 9.17) is 16.3 Å². The van der Waals surface area contributed by atoms with Crippen molar-refractivity contribution < 1.29 is 17.9 Å². The molecule has 0 saturated carbocycles. The summed E-state index contributed by atoms with van der Waals surface area (Å²) < 4.78 is 43.5. The second-order valence-electron chi connectivity index (χ2n) is 4.61. The fourth-order valence-corrected chi connectivity index (χ4v) is 2.19. The Morgan fingerprint density at radius 2 is 2.05 bits per heavy atom. The number of ether oxygens (including phenoxy) is 1. The first-order valence-electron chi connectivity index (χ1n) is 6.16. The number of nitrogen functional groups attached to an aromatic ring is 1. The second-order valence-corrected chi connectivity index (χ2v) is 4.61. The molecule has 0 aromatic heterocycles. The molecule has 7 heteroatoms. The summed E-state index contributed by atoms with van der Waals surface area (Å²) >= 11 is 0. The summed E-state index contributed by atoms with van der Waals surface area (Å²) in [4.78, 5) is 0. The van der Waals surface area contributed by atoms with Gasteiger partial charge in [-0.2, -0.15) is 13.2 Å². The molecular formula is C13H16F3N3O. The largest absolute Gasteiger partial charge is 0.501 e. The van der Waals surface area contributed by atoms with Gasteiger partial charge in [-0.25, -0.2) is 5.43 Å². The lowest BCUT2D eigenvalue weighted by atomic mass is 9.93. The summed E-state index contributed by atoms with van der Waals surface area (Å²) in [7, 11) is 0. The van der Waals surface area contributed by atoms with Gasteiger partial charge >= 0.3 is 6.18 Å². The predicted molar refractivity (Wildman–Crippen MR) is 69.2 cm³/mol. The number of anilines is 1. The Labute approximate surface area is 114 Å². The number of hydrogen-bond acceptors (Lipinski definition) is 4. The van der Waals surface area contributed by atoms with E-state index in [1.54, 1.807) is 0 Å². The monoisotopic (exact) mass is 287 g/mol. The Balaban J connectivity index is 2.40. The minimum atomic E-state index is -4.42. The molecule has 1 aromatic carbocycles. The molecule has 0 aliphatic carbocycles. The minimum absolute atomic E-state index is 0.257. The maximum absolute atomic E-state index is 12.8. The van der Waals surface area contributed by atoms with Gasteiger partial charge in [0.25, 0.3) is 0 Å².